The van der Waals surface area contributed by atoms with Crippen molar-refractivity contribution in [2.75, 3.05) is 20.0 Å². The summed E-state index contributed by atoms with van der Waals surface area (Å²) in [5.41, 5.74) is 0.721. The molecule has 0 bridgehead atoms. The van der Waals surface area contributed by atoms with Crippen molar-refractivity contribution in [1.82, 2.24) is 0 Å². The molecule has 3 heterocycles. The van der Waals surface area contributed by atoms with Crippen molar-refractivity contribution in [3.05, 3.63) is 23.8 Å². The molecule has 1 aromatic carbocycles. The summed E-state index contributed by atoms with van der Waals surface area (Å²) in [5.74, 6) is 3.40. The lowest BCUT2D eigenvalue weighted by atomic mass is 9.43. The molecule has 1 saturated carbocycles. The summed E-state index contributed by atoms with van der Waals surface area (Å²) in [4.78, 5) is 0. The highest BCUT2D eigenvalue weighted by molar-refractivity contribution is 6.48. The van der Waals surface area contributed by atoms with Crippen molar-refractivity contribution in [2.24, 2.45) is 11.8 Å². The molecule has 3 aliphatic heterocycles. The maximum Gasteiger partial charge on any atom is 0.462 e. The highest BCUT2D eigenvalue weighted by atomic mass is 16.7. The first-order valence-electron chi connectivity index (χ1n) is 9.76. The molecule has 0 N–H and O–H groups in total. The van der Waals surface area contributed by atoms with Gasteiger partial charge in [-0.2, -0.15) is 0 Å². The second-order valence-electron chi connectivity index (χ2n) is 8.78. The van der Waals surface area contributed by atoms with Crippen LogP contribution in [0.1, 0.15) is 45.6 Å². The van der Waals surface area contributed by atoms with Gasteiger partial charge >= 0.3 is 7.12 Å². The van der Waals surface area contributed by atoms with Crippen molar-refractivity contribution < 1.29 is 23.5 Å². The van der Waals surface area contributed by atoms with Crippen molar-refractivity contribution >= 4 is 7.12 Å². The van der Waals surface area contributed by atoms with E-state index in [0.29, 0.717) is 30.4 Å². The second-order valence-corrected chi connectivity index (χ2v) is 8.78. The molecule has 140 valence electrons. The van der Waals surface area contributed by atoms with Crippen LogP contribution in [-0.4, -0.2) is 38.3 Å². The van der Waals surface area contributed by atoms with E-state index >= 15 is 0 Å². The van der Waals surface area contributed by atoms with Gasteiger partial charge in [-0.3, -0.25) is 0 Å². The van der Waals surface area contributed by atoms with Crippen LogP contribution in [-0.2, 0) is 14.0 Å². The fourth-order valence-electron chi connectivity index (χ4n) is 5.22. The molecule has 0 spiro atoms. The topological polar surface area (TPSA) is 46.2 Å². The summed E-state index contributed by atoms with van der Waals surface area (Å²) in [7, 11) is -0.187. The van der Waals surface area contributed by atoms with Gasteiger partial charge in [0.1, 0.15) is 0 Å². The summed E-state index contributed by atoms with van der Waals surface area (Å²) in [6.07, 6.45) is 0.933. The van der Waals surface area contributed by atoms with Gasteiger partial charge < -0.3 is 23.5 Å². The molecule has 26 heavy (non-hydrogen) atoms. The van der Waals surface area contributed by atoms with Gasteiger partial charge in [0.2, 0.25) is 6.79 Å². The Hall–Kier alpha value is -1.24. The Kier molecular flexibility index (Phi) is 3.66. The summed E-state index contributed by atoms with van der Waals surface area (Å²) in [6, 6.07) is 6.32. The second kappa shape index (κ2) is 5.63. The Labute approximate surface area is 155 Å². The fourth-order valence-corrected chi connectivity index (χ4v) is 5.22. The van der Waals surface area contributed by atoms with E-state index in [4.69, 9.17) is 23.5 Å². The predicted molar refractivity (Wildman–Crippen MR) is 97.6 cm³/mol. The van der Waals surface area contributed by atoms with Crippen molar-refractivity contribution in [1.29, 1.82) is 0 Å². The van der Waals surface area contributed by atoms with E-state index < -0.39 is 0 Å². The average Bonchev–Trinajstić information content (AvgIpc) is 3.26. The molecule has 6 heteroatoms. The van der Waals surface area contributed by atoms with Gasteiger partial charge in [0.15, 0.2) is 11.5 Å². The van der Waals surface area contributed by atoms with Crippen LogP contribution in [0.2, 0.25) is 5.82 Å². The van der Waals surface area contributed by atoms with Gasteiger partial charge in [-0.1, -0.05) is 13.0 Å². The molecule has 0 radical (unpaired) electrons. The normalized spacial score (nSPS) is 39.8. The minimum atomic E-state index is -0.295. The number of ether oxygens (including phenoxy) is 3. The Morgan fingerprint density at radius 2 is 1.81 bits per heavy atom. The molecule has 5 atom stereocenters. The van der Waals surface area contributed by atoms with Crippen LogP contribution in [0, 0.1) is 11.8 Å². The third kappa shape index (κ3) is 2.22. The van der Waals surface area contributed by atoms with Crippen LogP contribution in [0.3, 0.4) is 0 Å². The van der Waals surface area contributed by atoms with Gasteiger partial charge in [0.05, 0.1) is 17.8 Å². The smallest absolute Gasteiger partial charge is 0.454 e. The third-order valence-corrected chi connectivity index (χ3v) is 7.37. The Balaban J connectivity index is 1.46. The number of hydrogen-bond acceptors (Lipinski definition) is 5. The fraction of sp³-hybridized carbons (Fsp3) is 0.700. The minimum absolute atomic E-state index is 0.187. The summed E-state index contributed by atoms with van der Waals surface area (Å²) < 4.78 is 29.9. The largest absolute Gasteiger partial charge is 0.462 e. The van der Waals surface area contributed by atoms with E-state index in [1.54, 1.807) is 0 Å². The zero-order valence-electron chi connectivity index (χ0n) is 16.0. The molecule has 0 unspecified atom stereocenters. The minimum Gasteiger partial charge on any atom is -0.454 e. The van der Waals surface area contributed by atoms with Gasteiger partial charge in [-0.25, -0.2) is 0 Å². The van der Waals surface area contributed by atoms with Crippen LogP contribution >= 0.6 is 0 Å². The molecule has 0 amide bonds. The first-order valence-corrected chi connectivity index (χ1v) is 9.76. The van der Waals surface area contributed by atoms with E-state index in [1.807, 2.05) is 6.07 Å². The first kappa shape index (κ1) is 16.9. The molecule has 5 nitrogen and oxygen atoms in total. The monoisotopic (exact) mass is 358 g/mol. The van der Waals surface area contributed by atoms with Crippen LogP contribution in [0.5, 0.6) is 11.5 Å². The van der Waals surface area contributed by atoms with Crippen molar-refractivity contribution in [2.45, 2.75) is 57.1 Å². The maximum atomic E-state index is 6.54. The first-order chi connectivity index (χ1) is 12.4. The lowest BCUT2D eigenvalue weighted by molar-refractivity contribution is -0.0119. The quantitative estimate of drug-likeness (QED) is 0.773. The van der Waals surface area contributed by atoms with Crippen LogP contribution < -0.4 is 9.47 Å². The van der Waals surface area contributed by atoms with E-state index in [-0.39, 0.29) is 18.3 Å². The molecule has 5 rings (SSSR count). The highest BCUT2D eigenvalue weighted by Crippen LogP contribution is 2.63. The molecule has 4 aliphatic rings. The van der Waals surface area contributed by atoms with Crippen LogP contribution in [0.15, 0.2) is 18.2 Å². The lowest BCUT2D eigenvalue weighted by Gasteiger charge is -2.48. The Morgan fingerprint density at radius 3 is 2.58 bits per heavy atom. The molecule has 2 saturated heterocycles. The van der Waals surface area contributed by atoms with Crippen LogP contribution in [0.4, 0.5) is 0 Å². The Morgan fingerprint density at radius 1 is 1.04 bits per heavy atom. The predicted octanol–water partition coefficient (Wildman–Crippen LogP) is 3.63. The SMILES string of the molecule is CC[C@]1(C)OB([C@@H]2[C@H]3COC[C@H]3[C@@H]2c2ccc3c(c2)OCO3)OC1(C)C. The number of fused-ring (bicyclic) bond motifs is 2. The van der Waals surface area contributed by atoms with E-state index in [9.17, 15) is 0 Å². The van der Waals surface area contributed by atoms with Gasteiger partial charge in [-0.05, 0) is 62.6 Å². The number of benzene rings is 1. The summed E-state index contributed by atoms with van der Waals surface area (Å²) >= 11 is 0. The van der Waals surface area contributed by atoms with E-state index in [0.717, 1.165) is 31.1 Å². The maximum absolute atomic E-state index is 6.54. The van der Waals surface area contributed by atoms with Crippen LogP contribution in [0.25, 0.3) is 0 Å². The van der Waals surface area contributed by atoms with E-state index in [1.165, 1.54) is 5.56 Å². The zero-order chi connectivity index (χ0) is 18.1. The zero-order valence-corrected chi connectivity index (χ0v) is 16.0. The number of rotatable bonds is 3. The van der Waals surface area contributed by atoms with Gasteiger partial charge in [0.25, 0.3) is 0 Å². The molecular weight excluding hydrogens is 331 g/mol. The van der Waals surface area contributed by atoms with Crippen molar-refractivity contribution in [3.8, 4) is 11.5 Å². The highest BCUT2D eigenvalue weighted by Gasteiger charge is 2.65. The summed E-state index contributed by atoms with van der Waals surface area (Å²) in [5, 5.41) is 0. The molecule has 1 aliphatic carbocycles. The standard InChI is InChI=1S/C20H27BO5/c1-5-20(4)19(2,3)25-21(26-20)18-14-10-22-9-13(14)17(18)12-6-7-15-16(8-12)24-11-23-15/h6-8,13-14,17-18H,5,9-11H2,1-4H3/t13-,14+,17+,18-,20+/m1/s1. The molecular formula is C20H27BO5. The Bertz CT molecular complexity index is 722. The van der Waals surface area contributed by atoms with Gasteiger partial charge in [-0.15, -0.1) is 0 Å². The van der Waals surface area contributed by atoms with E-state index in [2.05, 4.69) is 39.8 Å². The molecule has 1 aromatic rings. The lowest BCUT2D eigenvalue weighted by Crippen LogP contribution is -2.49. The molecule has 3 fully saturated rings. The van der Waals surface area contributed by atoms with Gasteiger partial charge in [0, 0.05) is 12.4 Å². The third-order valence-electron chi connectivity index (χ3n) is 7.37. The van der Waals surface area contributed by atoms with Crippen molar-refractivity contribution in [3.63, 3.8) is 0 Å². The number of hydrogen-bond donors (Lipinski definition) is 0. The summed E-state index contributed by atoms with van der Waals surface area (Å²) in [6.45, 7) is 10.6. The average molecular weight is 358 g/mol. The molecule has 0 aromatic heterocycles.